The van der Waals surface area contributed by atoms with Gasteiger partial charge in [-0.1, -0.05) is 12.1 Å². The van der Waals surface area contributed by atoms with Gasteiger partial charge in [0.15, 0.2) is 0 Å². The van der Waals surface area contributed by atoms with E-state index < -0.39 is 11.9 Å². The maximum Gasteiger partial charge on any atom is 0.433 e. The third-order valence-corrected chi connectivity index (χ3v) is 5.28. The SMILES string of the molecule is CCOc1ccc(CCC2CCN(C(=O)c3ccc(C(F)(F)F)nc3)CC2)cc1. The van der Waals surface area contributed by atoms with Gasteiger partial charge in [0.2, 0.25) is 0 Å². The maximum absolute atomic E-state index is 12.6. The first-order chi connectivity index (χ1) is 13.9. The van der Waals surface area contributed by atoms with Gasteiger partial charge in [-0.3, -0.25) is 9.78 Å². The van der Waals surface area contributed by atoms with Gasteiger partial charge in [0.05, 0.1) is 12.2 Å². The first-order valence-electron chi connectivity index (χ1n) is 9.91. The van der Waals surface area contributed by atoms with Crippen LogP contribution in [0.5, 0.6) is 5.75 Å². The van der Waals surface area contributed by atoms with Crippen LogP contribution in [0.15, 0.2) is 42.6 Å². The Labute approximate surface area is 168 Å². The van der Waals surface area contributed by atoms with Gasteiger partial charge in [0.25, 0.3) is 5.91 Å². The molecule has 7 heteroatoms. The Morgan fingerprint density at radius 1 is 1.14 bits per heavy atom. The molecule has 4 nitrogen and oxygen atoms in total. The molecule has 3 rings (SSSR count). The van der Waals surface area contributed by atoms with Crippen molar-refractivity contribution in [1.29, 1.82) is 0 Å². The predicted molar refractivity (Wildman–Crippen MR) is 104 cm³/mol. The van der Waals surface area contributed by atoms with Crippen molar-refractivity contribution in [3.8, 4) is 5.75 Å². The van der Waals surface area contributed by atoms with Gasteiger partial charge in [-0.05, 0) is 68.4 Å². The quantitative estimate of drug-likeness (QED) is 0.679. The Hall–Kier alpha value is -2.57. The minimum Gasteiger partial charge on any atom is -0.494 e. The number of amides is 1. The molecule has 1 saturated heterocycles. The largest absolute Gasteiger partial charge is 0.494 e. The van der Waals surface area contributed by atoms with Gasteiger partial charge in [0.1, 0.15) is 11.4 Å². The third-order valence-electron chi connectivity index (χ3n) is 5.28. The average molecular weight is 406 g/mol. The number of hydrogen-bond donors (Lipinski definition) is 0. The second kappa shape index (κ2) is 9.29. The number of nitrogens with zero attached hydrogens (tertiary/aromatic N) is 2. The summed E-state index contributed by atoms with van der Waals surface area (Å²) in [6.07, 6.45) is 0.353. The van der Waals surface area contributed by atoms with Crippen LogP contribution in [0.3, 0.4) is 0 Å². The van der Waals surface area contributed by atoms with Gasteiger partial charge in [0, 0.05) is 19.3 Å². The van der Waals surface area contributed by atoms with E-state index in [1.165, 1.54) is 11.6 Å². The van der Waals surface area contributed by atoms with Crippen LogP contribution in [-0.2, 0) is 12.6 Å². The normalized spacial score (nSPS) is 15.4. The molecule has 1 fully saturated rings. The summed E-state index contributed by atoms with van der Waals surface area (Å²) in [5, 5.41) is 0. The highest BCUT2D eigenvalue weighted by Gasteiger charge is 2.32. The molecule has 1 aromatic carbocycles. The number of halogens is 3. The first-order valence-corrected chi connectivity index (χ1v) is 9.91. The number of rotatable bonds is 6. The summed E-state index contributed by atoms with van der Waals surface area (Å²) >= 11 is 0. The van der Waals surface area contributed by atoms with E-state index in [-0.39, 0.29) is 11.5 Å². The minimum absolute atomic E-state index is 0.200. The maximum atomic E-state index is 12.6. The fourth-order valence-corrected chi connectivity index (χ4v) is 3.59. The molecule has 0 aliphatic carbocycles. The molecule has 1 amide bonds. The third kappa shape index (κ3) is 5.71. The van der Waals surface area contributed by atoms with E-state index in [1.54, 1.807) is 4.90 Å². The lowest BCUT2D eigenvalue weighted by molar-refractivity contribution is -0.141. The van der Waals surface area contributed by atoms with Crippen LogP contribution in [0.2, 0.25) is 0 Å². The van der Waals surface area contributed by atoms with Crippen LogP contribution in [0.1, 0.15) is 47.8 Å². The van der Waals surface area contributed by atoms with E-state index in [4.69, 9.17) is 4.74 Å². The molecule has 0 radical (unpaired) electrons. The minimum atomic E-state index is -4.50. The molecule has 0 bridgehead atoms. The average Bonchev–Trinajstić information content (AvgIpc) is 2.73. The number of alkyl halides is 3. The molecule has 1 aliphatic rings. The van der Waals surface area contributed by atoms with Crippen molar-refractivity contribution >= 4 is 5.91 Å². The second-order valence-electron chi connectivity index (χ2n) is 7.28. The number of pyridine rings is 1. The lowest BCUT2D eigenvalue weighted by Crippen LogP contribution is -2.38. The fraction of sp³-hybridized carbons (Fsp3) is 0.455. The van der Waals surface area contributed by atoms with E-state index in [1.807, 2.05) is 19.1 Å². The molecular formula is C22H25F3N2O2. The predicted octanol–water partition coefficient (Wildman–Crippen LogP) is 4.98. The number of aryl methyl sites for hydroxylation is 1. The standard InChI is InChI=1S/C22H25F3N2O2/c1-2-29-19-8-5-16(6-9-19)3-4-17-11-13-27(14-12-17)21(28)18-7-10-20(26-15-18)22(23,24)25/h5-10,15,17H,2-4,11-14H2,1H3. The summed E-state index contributed by atoms with van der Waals surface area (Å²) in [4.78, 5) is 17.6. The summed E-state index contributed by atoms with van der Waals surface area (Å²) in [5.74, 6) is 1.16. The summed E-state index contributed by atoms with van der Waals surface area (Å²) in [5.41, 5.74) is 0.482. The van der Waals surface area contributed by atoms with Crippen LogP contribution >= 0.6 is 0 Å². The molecule has 1 aliphatic heterocycles. The van der Waals surface area contributed by atoms with Crippen molar-refractivity contribution in [2.75, 3.05) is 19.7 Å². The summed E-state index contributed by atoms with van der Waals surface area (Å²) in [7, 11) is 0. The number of benzene rings is 1. The molecular weight excluding hydrogens is 381 g/mol. The molecule has 0 atom stereocenters. The number of hydrogen-bond acceptors (Lipinski definition) is 3. The second-order valence-corrected chi connectivity index (χ2v) is 7.28. The monoisotopic (exact) mass is 406 g/mol. The van der Waals surface area contributed by atoms with Crippen molar-refractivity contribution < 1.29 is 22.7 Å². The van der Waals surface area contributed by atoms with Crippen molar-refractivity contribution in [2.45, 2.75) is 38.8 Å². The Balaban J connectivity index is 1.46. The van der Waals surface area contributed by atoms with Crippen LogP contribution in [0.25, 0.3) is 0 Å². The van der Waals surface area contributed by atoms with Crippen LogP contribution < -0.4 is 4.74 Å². The molecule has 29 heavy (non-hydrogen) atoms. The molecule has 0 spiro atoms. The number of ether oxygens (including phenoxy) is 1. The van der Waals surface area contributed by atoms with E-state index >= 15 is 0 Å². The van der Waals surface area contributed by atoms with Gasteiger partial charge in [-0.15, -0.1) is 0 Å². The zero-order chi connectivity index (χ0) is 20.9. The summed E-state index contributed by atoms with van der Waals surface area (Å²) < 4.78 is 43.3. The first kappa shape index (κ1) is 21.1. The van der Waals surface area contributed by atoms with Crippen LogP contribution in [0, 0.1) is 5.92 Å². The Morgan fingerprint density at radius 2 is 1.83 bits per heavy atom. The van der Waals surface area contributed by atoms with E-state index in [0.29, 0.717) is 25.6 Å². The van der Waals surface area contributed by atoms with Gasteiger partial charge >= 0.3 is 6.18 Å². The van der Waals surface area contributed by atoms with Crippen molar-refractivity contribution in [3.63, 3.8) is 0 Å². The molecule has 0 unspecified atom stereocenters. The molecule has 2 heterocycles. The molecule has 0 N–H and O–H groups in total. The Bertz CT molecular complexity index is 796. The summed E-state index contributed by atoms with van der Waals surface area (Å²) in [6.45, 7) is 3.85. The number of aromatic nitrogens is 1. The van der Waals surface area contributed by atoms with E-state index in [0.717, 1.165) is 43.7 Å². The van der Waals surface area contributed by atoms with Gasteiger partial charge in [-0.25, -0.2) is 0 Å². The number of carbonyl (C=O) groups is 1. The van der Waals surface area contributed by atoms with Gasteiger partial charge in [-0.2, -0.15) is 13.2 Å². The highest BCUT2D eigenvalue weighted by molar-refractivity contribution is 5.94. The smallest absolute Gasteiger partial charge is 0.433 e. The van der Waals surface area contributed by atoms with Crippen molar-refractivity contribution in [2.24, 2.45) is 5.92 Å². The number of likely N-dealkylation sites (tertiary alicyclic amines) is 1. The highest BCUT2D eigenvalue weighted by atomic mass is 19.4. The van der Waals surface area contributed by atoms with Crippen molar-refractivity contribution in [3.05, 3.63) is 59.4 Å². The van der Waals surface area contributed by atoms with Crippen LogP contribution in [-0.4, -0.2) is 35.5 Å². The van der Waals surface area contributed by atoms with Gasteiger partial charge < -0.3 is 9.64 Å². The topological polar surface area (TPSA) is 42.4 Å². The fourth-order valence-electron chi connectivity index (χ4n) is 3.59. The molecule has 0 saturated carbocycles. The highest BCUT2D eigenvalue weighted by Crippen LogP contribution is 2.28. The van der Waals surface area contributed by atoms with E-state index in [9.17, 15) is 18.0 Å². The summed E-state index contributed by atoms with van der Waals surface area (Å²) in [6, 6.07) is 10.2. The number of piperidine rings is 1. The molecule has 1 aromatic heterocycles. The Kier molecular flexibility index (Phi) is 6.77. The van der Waals surface area contributed by atoms with Crippen LogP contribution in [0.4, 0.5) is 13.2 Å². The zero-order valence-corrected chi connectivity index (χ0v) is 16.4. The Morgan fingerprint density at radius 3 is 2.38 bits per heavy atom. The lowest BCUT2D eigenvalue weighted by Gasteiger charge is -2.32. The molecule has 2 aromatic rings. The van der Waals surface area contributed by atoms with Crippen molar-refractivity contribution in [1.82, 2.24) is 9.88 Å². The van der Waals surface area contributed by atoms with E-state index in [2.05, 4.69) is 17.1 Å². The molecule has 156 valence electrons. The lowest BCUT2D eigenvalue weighted by atomic mass is 9.90. The zero-order valence-electron chi connectivity index (χ0n) is 16.4. The number of carbonyl (C=O) groups excluding carboxylic acids is 1.